The van der Waals surface area contributed by atoms with Crippen molar-refractivity contribution in [1.82, 2.24) is 0 Å². The van der Waals surface area contributed by atoms with E-state index in [9.17, 15) is 4.79 Å². The second-order valence-corrected chi connectivity index (χ2v) is 3.96. The van der Waals surface area contributed by atoms with Gasteiger partial charge in [-0.15, -0.1) is 0 Å². The molecule has 0 aliphatic carbocycles. The largest absolute Gasteiger partial charge is 0.506 e. The maximum atomic E-state index is 10.3. The van der Waals surface area contributed by atoms with Crippen LogP contribution in [0.1, 0.15) is 13.8 Å². The molecule has 0 saturated heterocycles. The average molecular weight is 239 g/mol. The van der Waals surface area contributed by atoms with E-state index in [0.717, 1.165) is 12.2 Å². The molecule has 1 atom stereocenters. The van der Waals surface area contributed by atoms with Gasteiger partial charge in [-0.3, -0.25) is 0 Å². The van der Waals surface area contributed by atoms with Crippen LogP contribution in [0.15, 0.2) is 24.5 Å². The number of hydrogen-bond donors (Lipinski definition) is 1. The monoisotopic (exact) mass is 239 g/mol. The highest BCUT2D eigenvalue weighted by atomic mass is 16.7. The normalized spacial score (nSPS) is 11.9. The van der Waals surface area contributed by atoms with Gasteiger partial charge in [0, 0.05) is 31.4 Å². The van der Waals surface area contributed by atoms with Gasteiger partial charge in [-0.1, -0.05) is 0 Å². The van der Waals surface area contributed by atoms with Crippen LogP contribution in [0.5, 0.6) is 0 Å². The van der Waals surface area contributed by atoms with Gasteiger partial charge in [-0.2, -0.15) is 0 Å². The third-order valence-corrected chi connectivity index (χ3v) is 2.56. The fourth-order valence-electron chi connectivity index (χ4n) is 1.51. The van der Waals surface area contributed by atoms with E-state index in [-0.39, 0.29) is 6.10 Å². The molecule has 0 aliphatic heterocycles. The quantitative estimate of drug-likeness (QED) is 0.625. The maximum absolute atomic E-state index is 10.3. The lowest BCUT2D eigenvalue weighted by molar-refractivity contribution is -0.702. The lowest BCUT2D eigenvalue weighted by atomic mass is 10.3. The summed E-state index contributed by atoms with van der Waals surface area (Å²) in [6.45, 7) is 5.28. The summed E-state index contributed by atoms with van der Waals surface area (Å²) in [5.74, 6) is 0. The molecule has 5 heteroatoms. The van der Waals surface area contributed by atoms with E-state index in [4.69, 9.17) is 5.11 Å². The second kappa shape index (κ2) is 6.08. The second-order valence-electron chi connectivity index (χ2n) is 3.96. The molecule has 0 saturated carbocycles. The third-order valence-electron chi connectivity index (χ3n) is 2.56. The zero-order chi connectivity index (χ0) is 12.8. The first kappa shape index (κ1) is 13.3. The van der Waals surface area contributed by atoms with Crippen molar-refractivity contribution >= 4 is 11.8 Å². The Bertz CT molecular complexity index is 365. The van der Waals surface area contributed by atoms with Gasteiger partial charge in [0.25, 0.3) is 0 Å². The van der Waals surface area contributed by atoms with E-state index in [1.54, 1.807) is 6.92 Å². The molecule has 1 N–H and O–H groups in total. The molecule has 0 aromatic carbocycles. The fourth-order valence-corrected chi connectivity index (χ4v) is 1.51. The van der Waals surface area contributed by atoms with Crippen molar-refractivity contribution in [1.29, 1.82) is 0 Å². The molecule has 1 rings (SSSR count). The van der Waals surface area contributed by atoms with Gasteiger partial charge < -0.3 is 14.7 Å². The molecular weight excluding hydrogens is 220 g/mol. The number of pyridine rings is 1. The van der Waals surface area contributed by atoms with Crippen molar-refractivity contribution in [3.05, 3.63) is 24.5 Å². The number of anilines is 1. The number of aromatic nitrogens is 1. The average Bonchev–Trinajstić information content (AvgIpc) is 2.28. The highest BCUT2D eigenvalue weighted by molar-refractivity contribution is 5.56. The van der Waals surface area contributed by atoms with Gasteiger partial charge in [0.15, 0.2) is 25.0 Å². The molecule has 5 nitrogen and oxygen atoms in total. The van der Waals surface area contributed by atoms with E-state index in [1.807, 2.05) is 36.1 Å². The molecule has 0 aliphatic rings. The Labute approximate surface area is 101 Å². The highest BCUT2D eigenvalue weighted by Gasteiger charge is 2.13. The van der Waals surface area contributed by atoms with E-state index < -0.39 is 6.16 Å². The molecule has 1 unspecified atom stereocenters. The zero-order valence-corrected chi connectivity index (χ0v) is 10.5. The molecular formula is C12H19N2O3+. The van der Waals surface area contributed by atoms with Crippen molar-refractivity contribution in [2.24, 2.45) is 0 Å². The molecule has 0 bridgehead atoms. The minimum Gasteiger partial charge on any atom is -0.450 e. The Morgan fingerprint density at radius 3 is 2.59 bits per heavy atom. The van der Waals surface area contributed by atoms with Gasteiger partial charge in [0.2, 0.25) is 0 Å². The number of ether oxygens (including phenoxy) is 1. The number of hydrogen-bond acceptors (Lipinski definition) is 3. The summed E-state index contributed by atoms with van der Waals surface area (Å²) >= 11 is 0. The summed E-state index contributed by atoms with van der Waals surface area (Å²) in [5, 5.41) is 8.47. The van der Waals surface area contributed by atoms with Crippen LogP contribution < -0.4 is 9.47 Å². The summed E-state index contributed by atoms with van der Waals surface area (Å²) < 4.78 is 6.54. The van der Waals surface area contributed by atoms with Gasteiger partial charge in [-0.25, -0.2) is 9.36 Å². The van der Waals surface area contributed by atoms with Crippen LogP contribution in [0.2, 0.25) is 0 Å². The minimum absolute atomic E-state index is 0.354. The molecule has 1 aromatic rings. The van der Waals surface area contributed by atoms with Gasteiger partial charge in [-0.05, 0) is 13.8 Å². The number of carbonyl (C=O) groups is 1. The predicted molar refractivity (Wildman–Crippen MR) is 64.2 cm³/mol. The predicted octanol–water partition coefficient (Wildman–Crippen LogP) is 1.51. The summed E-state index contributed by atoms with van der Waals surface area (Å²) in [4.78, 5) is 12.5. The van der Waals surface area contributed by atoms with Crippen LogP contribution in [0.4, 0.5) is 10.5 Å². The topological polar surface area (TPSA) is 53.7 Å². The molecule has 0 spiro atoms. The fraction of sp³-hybridized carbons (Fsp3) is 0.500. The van der Waals surface area contributed by atoms with Crippen LogP contribution >= 0.6 is 0 Å². The summed E-state index contributed by atoms with van der Waals surface area (Å²) in [6, 6.07) is 3.99. The number of rotatable bonds is 5. The summed E-state index contributed by atoms with van der Waals surface area (Å²) in [6.07, 6.45) is 2.25. The molecule has 94 valence electrons. The van der Waals surface area contributed by atoms with E-state index in [0.29, 0.717) is 6.54 Å². The molecule has 0 fully saturated rings. The van der Waals surface area contributed by atoms with Crippen molar-refractivity contribution in [3.63, 3.8) is 0 Å². The smallest absolute Gasteiger partial charge is 0.450 e. The van der Waals surface area contributed by atoms with Gasteiger partial charge >= 0.3 is 6.16 Å². The maximum Gasteiger partial charge on any atom is 0.506 e. The van der Waals surface area contributed by atoms with Crippen LogP contribution in [-0.4, -0.2) is 31.0 Å². The third kappa shape index (κ3) is 4.30. The Hall–Kier alpha value is -1.78. The summed E-state index contributed by atoms with van der Waals surface area (Å²) in [5.41, 5.74) is 1.13. The Morgan fingerprint density at radius 1 is 1.53 bits per heavy atom. The van der Waals surface area contributed by atoms with Crippen molar-refractivity contribution in [2.45, 2.75) is 26.5 Å². The van der Waals surface area contributed by atoms with Crippen LogP contribution in [0, 0.1) is 0 Å². The van der Waals surface area contributed by atoms with Crippen LogP contribution in [0.25, 0.3) is 0 Å². The van der Waals surface area contributed by atoms with E-state index in [1.165, 1.54) is 0 Å². The minimum atomic E-state index is -1.24. The Kier molecular flexibility index (Phi) is 4.75. The molecule has 1 heterocycles. The molecule has 0 radical (unpaired) electrons. The Balaban J connectivity index is 2.59. The number of nitrogens with zero attached hydrogens (tertiary/aromatic N) is 2. The van der Waals surface area contributed by atoms with E-state index >= 15 is 0 Å². The summed E-state index contributed by atoms with van der Waals surface area (Å²) in [7, 11) is 2.02. The van der Waals surface area contributed by atoms with Crippen molar-refractivity contribution in [2.75, 3.05) is 18.5 Å². The van der Waals surface area contributed by atoms with Crippen molar-refractivity contribution < 1.29 is 19.2 Å². The van der Waals surface area contributed by atoms with E-state index in [2.05, 4.69) is 16.6 Å². The molecule has 17 heavy (non-hydrogen) atoms. The lowest BCUT2D eigenvalue weighted by Crippen LogP contribution is -2.39. The first-order valence-electron chi connectivity index (χ1n) is 5.62. The van der Waals surface area contributed by atoms with Crippen LogP contribution in [0.3, 0.4) is 0 Å². The first-order valence-corrected chi connectivity index (χ1v) is 5.62. The highest BCUT2D eigenvalue weighted by Crippen LogP contribution is 2.08. The SMILES string of the molecule is CCN(C)c1cc[n+](CC(C)OC(=O)O)cc1. The first-order chi connectivity index (χ1) is 8.02. The Morgan fingerprint density at radius 2 is 2.12 bits per heavy atom. The molecule has 1 aromatic heterocycles. The number of carboxylic acid groups (broad SMARTS) is 1. The lowest BCUT2D eigenvalue weighted by Gasteiger charge is -2.15. The standard InChI is InChI=1S/C12H18N2O3/c1-4-13(3)11-5-7-14(8-6-11)9-10(2)17-12(15)16/h5-8,10H,4,9H2,1-3H3/p+1. The van der Waals surface area contributed by atoms with Crippen LogP contribution in [-0.2, 0) is 11.3 Å². The van der Waals surface area contributed by atoms with Gasteiger partial charge in [0.1, 0.15) is 0 Å². The molecule has 0 amide bonds. The van der Waals surface area contributed by atoms with Gasteiger partial charge in [0.05, 0.1) is 0 Å². The van der Waals surface area contributed by atoms with Crippen molar-refractivity contribution in [3.8, 4) is 0 Å². The zero-order valence-electron chi connectivity index (χ0n) is 10.5.